The number of hydrogen-bond acceptors (Lipinski definition) is 4. The van der Waals surface area contributed by atoms with E-state index in [0.717, 1.165) is 25.2 Å². The average molecular weight is 350 g/mol. The molecule has 2 fully saturated rings. The summed E-state index contributed by atoms with van der Waals surface area (Å²) in [6.07, 6.45) is 15.7. The number of carbonyl (C=O) groups is 1. The minimum atomic E-state index is -0.654. The average Bonchev–Trinajstić information content (AvgIpc) is 2.87. The van der Waals surface area contributed by atoms with Crippen LogP contribution in [-0.2, 0) is 4.79 Å². The quantitative estimate of drug-likeness (QED) is 0.741. The molecule has 5 heteroatoms. The highest BCUT2D eigenvalue weighted by Crippen LogP contribution is 2.40. The first-order chi connectivity index (χ1) is 12.1. The molecule has 1 heterocycles. The number of β-amino-alcohol motifs (C(OH)–C–C–N with tert-alkyl or cyclic N) is 1. The molecule has 0 saturated heterocycles. The summed E-state index contributed by atoms with van der Waals surface area (Å²) in [5.74, 6) is 1.70. The number of rotatable bonds is 7. The molecule has 2 aliphatic carbocycles. The second-order valence-corrected chi connectivity index (χ2v) is 8.43. The third kappa shape index (κ3) is 4.36. The van der Waals surface area contributed by atoms with Gasteiger partial charge in [-0.1, -0.05) is 64.2 Å². The molecule has 0 radical (unpaired) electrons. The fraction of sp³-hybridized carbons (Fsp3) is 0.900. The van der Waals surface area contributed by atoms with Crippen LogP contribution in [0.5, 0.6) is 0 Å². The van der Waals surface area contributed by atoms with Crippen LogP contribution in [0, 0.1) is 11.8 Å². The molecule has 3 N–H and O–H groups in total. The molecule has 0 bridgehead atoms. The molecule has 25 heavy (non-hydrogen) atoms. The lowest BCUT2D eigenvalue weighted by Gasteiger charge is -2.33. The number of guanidine groups is 1. The molecule has 0 aromatic rings. The Labute approximate surface area is 152 Å². The molecule has 1 unspecified atom stereocenters. The number of nitrogens with zero attached hydrogens (tertiary/aromatic N) is 2. The van der Waals surface area contributed by atoms with Crippen molar-refractivity contribution in [3.05, 3.63) is 0 Å². The third-order valence-electron chi connectivity index (χ3n) is 6.61. The Kier molecular flexibility index (Phi) is 6.37. The summed E-state index contributed by atoms with van der Waals surface area (Å²) >= 11 is 0. The van der Waals surface area contributed by atoms with Gasteiger partial charge in [-0.2, -0.15) is 0 Å². The van der Waals surface area contributed by atoms with Crippen molar-refractivity contribution in [2.45, 2.75) is 89.0 Å². The van der Waals surface area contributed by atoms with Crippen molar-refractivity contribution in [1.29, 1.82) is 0 Å². The van der Waals surface area contributed by atoms with E-state index >= 15 is 0 Å². The van der Waals surface area contributed by atoms with Gasteiger partial charge in [0, 0.05) is 0 Å². The maximum Gasteiger partial charge on any atom is 0.257 e. The summed E-state index contributed by atoms with van der Waals surface area (Å²) in [5.41, 5.74) is 5.43. The van der Waals surface area contributed by atoms with E-state index in [2.05, 4.69) is 0 Å². The number of nitrogens with two attached hydrogens (primary N) is 1. The predicted molar refractivity (Wildman–Crippen MR) is 100 cm³/mol. The van der Waals surface area contributed by atoms with Gasteiger partial charge in [0.2, 0.25) is 0 Å². The van der Waals surface area contributed by atoms with Gasteiger partial charge in [-0.15, -0.1) is 0 Å². The summed E-state index contributed by atoms with van der Waals surface area (Å²) in [4.78, 5) is 19.5. The number of aliphatic hydroxyl groups excluding tert-OH is 1. The van der Waals surface area contributed by atoms with Crippen LogP contribution < -0.4 is 5.73 Å². The fourth-order valence-corrected chi connectivity index (χ4v) is 5.18. The normalized spacial score (nSPS) is 29.2. The van der Waals surface area contributed by atoms with Gasteiger partial charge < -0.3 is 10.8 Å². The van der Waals surface area contributed by atoms with Gasteiger partial charge in [0.25, 0.3) is 5.91 Å². The minimum absolute atomic E-state index is 0.0421. The number of carbonyl (C=O) groups excluding carboxylic acids is 1. The zero-order valence-electron chi connectivity index (χ0n) is 15.6. The maximum absolute atomic E-state index is 13.2. The van der Waals surface area contributed by atoms with Crippen molar-refractivity contribution in [3.63, 3.8) is 0 Å². The highest BCUT2D eigenvalue weighted by Gasteiger charge is 2.48. The highest BCUT2D eigenvalue weighted by atomic mass is 16.3. The van der Waals surface area contributed by atoms with Crippen LogP contribution >= 0.6 is 0 Å². The van der Waals surface area contributed by atoms with Crippen molar-refractivity contribution in [2.24, 2.45) is 22.6 Å². The fourth-order valence-electron chi connectivity index (χ4n) is 5.18. The number of hydrogen-bond donors (Lipinski definition) is 2. The Morgan fingerprint density at radius 1 is 1.04 bits per heavy atom. The molecule has 0 aromatic carbocycles. The van der Waals surface area contributed by atoms with E-state index < -0.39 is 5.54 Å². The molecule has 1 amide bonds. The van der Waals surface area contributed by atoms with E-state index in [1.165, 1.54) is 69.1 Å². The summed E-state index contributed by atoms with van der Waals surface area (Å²) in [5, 5.41) is 9.28. The van der Waals surface area contributed by atoms with Crippen molar-refractivity contribution >= 4 is 11.9 Å². The van der Waals surface area contributed by atoms with Crippen molar-refractivity contribution in [1.82, 2.24) is 4.90 Å². The highest BCUT2D eigenvalue weighted by molar-refractivity contribution is 6.06. The summed E-state index contributed by atoms with van der Waals surface area (Å²) in [6, 6.07) is 0. The van der Waals surface area contributed by atoms with Crippen LogP contribution in [0.15, 0.2) is 4.99 Å². The Hall–Kier alpha value is -1.10. The molecule has 142 valence electrons. The van der Waals surface area contributed by atoms with Crippen LogP contribution in [0.25, 0.3) is 0 Å². The predicted octanol–water partition coefficient (Wildman–Crippen LogP) is 3.21. The van der Waals surface area contributed by atoms with Gasteiger partial charge in [0.1, 0.15) is 5.54 Å². The van der Waals surface area contributed by atoms with E-state index in [-0.39, 0.29) is 19.1 Å². The van der Waals surface area contributed by atoms with Gasteiger partial charge >= 0.3 is 0 Å². The minimum Gasteiger partial charge on any atom is -0.395 e. The molecule has 2 saturated carbocycles. The first-order valence-corrected chi connectivity index (χ1v) is 10.4. The Morgan fingerprint density at radius 3 is 2.24 bits per heavy atom. The Bertz CT molecular complexity index is 481. The van der Waals surface area contributed by atoms with Crippen LogP contribution in [0.2, 0.25) is 0 Å². The zero-order valence-corrected chi connectivity index (χ0v) is 15.6. The molecular weight excluding hydrogens is 314 g/mol. The molecule has 0 spiro atoms. The van der Waals surface area contributed by atoms with E-state index in [4.69, 9.17) is 10.7 Å². The van der Waals surface area contributed by atoms with Gasteiger partial charge in [0.15, 0.2) is 5.96 Å². The van der Waals surface area contributed by atoms with E-state index in [1.807, 2.05) is 0 Å². The zero-order chi connectivity index (χ0) is 17.7. The Balaban J connectivity index is 1.72. The lowest BCUT2D eigenvalue weighted by Crippen LogP contribution is -2.46. The van der Waals surface area contributed by atoms with Crippen LogP contribution in [-0.4, -0.2) is 40.6 Å². The van der Waals surface area contributed by atoms with Crippen LogP contribution in [0.1, 0.15) is 83.5 Å². The molecule has 5 nitrogen and oxygen atoms in total. The van der Waals surface area contributed by atoms with Gasteiger partial charge in [0.05, 0.1) is 13.2 Å². The number of amides is 1. The number of aliphatic imine (C=N–C) groups is 1. The van der Waals surface area contributed by atoms with Crippen molar-refractivity contribution in [3.8, 4) is 0 Å². The molecular formula is C20H35N3O2. The van der Waals surface area contributed by atoms with E-state index in [0.29, 0.717) is 11.9 Å². The topological polar surface area (TPSA) is 78.9 Å². The summed E-state index contributed by atoms with van der Waals surface area (Å²) in [6.45, 7) is 0.202. The smallest absolute Gasteiger partial charge is 0.257 e. The van der Waals surface area contributed by atoms with Gasteiger partial charge in [-0.25, -0.2) is 4.99 Å². The van der Waals surface area contributed by atoms with E-state index in [9.17, 15) is 9.90 Å². The van der Waals surface area contributed by atoms with Crippen molar-refractivity contribution in [2.75, 3.05) is 13.2 Å². The maximum atomic E-state index is 13.2. The third-order valence-corrected chi connectivity index (χ3v) is 6.61. The first-order valence-electron chi connectivity index (χ1n) is 10.4. The van der Waals surface area contributed by atoms with Crippen molar-refractivity contribution < 1.29 is 9.90 Å². The molecule has 0 aromatic heterocycles. The second kappa shape index (κ2) is 8.52. The first kappa shape index (κ1) is 18.7. The Morgan fingerprint density at radius 2 is 1.64 bits per heavy atom. The lowest BCUT2D eigenvalue weighted by atomic mass is 9.75. The lowest BCUT2D eigenvalue weighted by molar-refractivity contribution is -0.132. The second-order valence-electron chi connectivity index (χ2n) is 8.43. The molecule has 3 rings (SSSR count). The molecule has 3 aliphatic rings. The largest absolute Gasteiger partial charge is 0.395 e. The van der Waals surface area contributed by atoms with Crippen LogP contribution in [0.4, 0.5) is 0 Å². The monoisotopic (exact) mass is 349 g/mol. The summed E-state index contributed by atoms with van der Waals surface area (Å²) < 4.78 is 0. The van der Waals surface area contributed by atoms with Gasteiger partial charge in [-0.05, 0) is 31.1 Å². The van der Waals surface area contributed by atoms with E-state index in [1.54, 1.807) is 0 Å². The van der Waals surface area contributed by atoms with Crippen LogP contribution in [0.3, 0.4) is 0 Å². The molecule has 1 aliphatic heterocycles. The summed E-state index contributed by atoms with van der Waals surface area (Å²) in [7, 11) is 0. The number of aliphatic hydroxyl groups is 1. The standard InChI is InChI=1S/C20H35N3O2/c21-19-22-20(18(25)23(19)13-14-24,15-17-9-5-2-6-10-17)12-11-16-7-3-1-4-8-16/h16-17,24H,1-15H2,(H2,21,22). The van der Waals surface area contributed by atoms with Gasteiger partial charge in [-0.3, -0.25) is 9.69 Å². The molecule has 1 atom stereocenters. The SMILES string of the molecule is NC1=NC(CCC2CCCCC2)(CC2CCCCC2)C(=O)N1CCO.